The lowest BCUT2D eigenvalue weighted by Gasteiger charge is -2.18. The molecule has 2 aromatic carbocycles. The van der Waals surface area contributed by atoms with Crippen molar-refractivity contribution in [3.63, 3.8) is 0 Å². The topological polar surface area (TPSA) is 90.9 Å². The fraction of sp³-hybridized carbons (Fsp3) is 0.483. The van der Waals surface area contributed by atoms with Gasteiger partial charge in [-0.15, -0.1) is 0 Å². The summed E-state index contributed by atoms with van der Waals surface area (Å²) in [4.78, 5) is 37.5. The van der Waals surface area contributed by atoms with Gasteiger partial charge in [-0.3, -0.25) is 4.79 Å². The summed E-state index contributed by atoms with van der Waals surface area (Å²) < 4.78 is 16.1. The van der Waals surface area contributed by atoms with Crippen molar-refractivity contribution in [2.24, 2.45) is 0 Å². The van der Waals surface area contributed by atoms with Crippen LogP contribution in [0.4, 0.5) is 4.79 Å². The lowest BCUT2D eigenvalue weighted by Crippen LogP contribution is -2.42. The number of amides is 1. The van der Waals surface area contributed by atoms with Gasteiger partial charge < -0.3 is 19.5 Å². The molecule has 0 radical (unpaired) electrons. The van der Waals surface area contributed by atoms with Crippen molar-refractivity contribution >= 4 is 18.0 Å². The Morgan fingerprint density at radius 3 is 1.97 bits per heavy atom. The fourth-order valence-electron chi connectivity index (χ4n) is 3.63. The Morgan fingerprint density at radius 1 is 0.778 bits per heavy atom. The molecular formula is C29H39NO6. The van der Waals surface area contributed by atoms with Crippen molar-refractivity contribution in [1.29, 1.82) is 0 Å². The second-order valence-electron chi connectivity index (χ2n) is 8.89. The summed E-state index contributed by atoms with van der Waals surface area (Å²) in [6.07, 6.45) is 5.63. The number of carbonyl (C=O) groups is 3. The lowest BCUT2D eigenvalue weighted by atomic mass is 10.1. The monoisotopic (exact) mass is 497 g/mol. The molecule has 0 saturated heterocycles. The predicted octanol–water partition coefficient (Wildman–Crippen LogP) is 6.10. The number of rotatable bonds is 16. The highest BCUT2D eigenvalue weighted by Crippen LogP contribution is 2.12. The summed E-state index contributed by atoms with van der Waals surface area (Å²) in [6.45, 7) is 4.18. The van der Waals surface area contributed by atoms with E-state index in [4.69, 9.17) is 14.2 Å². The number of unbranched alkanes of at least 4 members (excludes halogenated alkanes) is 4. The molecule has 0 spiro atoms. The Balaban J connectivity index is 1.84. The number of nitrogens with one attached hydrogen (secondary N) is 1. The number of esters is 2. The zero-order valence-electron chi connectivity index (χ0n) is 21.4. The van der Waals surface area contributed by atoms with Gasteiger partial charge in [-0.1, -0.05) is 93.3 Å². The summed E-state index contributed by atoms with van der Waals surface area (Å²) in [6, 6.07) is 17.4. The maximum atomic E-state index is 12.7. The second-order valence-corrected chi connectivity index (χ2v) is 8.89. The van der Waals surface area contributed by atoms with Crippen LogP contribution < -0.4 is 5.32 Å². The van der Waals surface area contributed by atoms with Crippen LogP contribution in [0.15, 0.2) is 60.7 Å². The number of alkyl carbamates (subject to hydrolysis) is 1. The third-order valence-corrected chi connectivity index (χ3v) is 5.70. The molecule has 1 N–H and O–H groups in total. The van der Waals surface area contributed by atoms with E-state index in [1.54, 1.807) is 0 Å². The van der Waals surface area contributed by atoms with E-state index in [0.717, 1.165) is 30.4 Å². The molecule has 7 nitrogen and oxygen atoms in total. The van der Waals surface area contributed by atoms with E-state index in [0.29, 0.717) is 0 Å². The lowest BCUT2D eigenvalue weighted by molar-refractivity contribution is -0.150. The predicted molar refractivity (Wildman–Crippen MR) is 138 cm³/mol. The minimum Gasteiger partial charge on any atom is -0.463 e. The number of ether oxygens (including phenoxy) is 3. The molecule has 2 unspecified atom stereocenters. The molecule has 2 atom stereocenters. The van der Waals surface area contributed by atoms with Gasteiger partial charge in [-0.2, -0.15) is 0 Å². The average Bonchev–Trinajstić information content (AvgIpc) is 2.89. The molecule has 0 aliphatic rings. The molecule has 0 heterocycles. The number of hydrogen-bond donors (Lipinski definition) is 1. The van der Waals surface area contributed by atoms with Crippen LogP contribution in [0, 0.1) is 0 Å². The van der Waals surface area contributed by atoms with E-state index >= 15 is 0 Å². The van der Waals surface area contributed by atoms with E-state index in [9.17, 15) is 14.4 Å². The van der Waals surface area contributed by atoms with Crippen LogP contribution >= 0.6 is 0 Å². The Morgan fingerprint density at radius 2 is 1.36 bits per heavy atom. The van der Waals surface area contributed by atoms with Crippen molar-refractivity contribution in [2.75, 3.05) is 0 Å². The maximum absolute atomic E-state index is 12.7. The van der Waals surface area contributed by atoms with Gasteiger partial charge in [0.25, 0.3) is 0 Å². The molecule has 196 valence electrons. The second kappa shape index (κ2) is 17.1. The molecule has 0 aliphatic heterocycles. The number of carbonyl (C=O) groups excluding carboxylic acids is 3. The van der Waals surface area contributed by atoms with E-state index in [2.05, 4.69) is 12.2 Å². The van der Waals surface area contributed by atoms with Crippen molar-refractivity contribution in [3.05, 3.63) is 71.8 Å². The van der Waals surface area contributed by atoms with Gasteiger partial charge in [0.05, 0.1) is 6.10 Å². The average molecular weight is 498 g/mol. The van der Waals surface area contributed by atoms with E-state index in [1.165, 1.54) is 19.3 Å². The molecule has 2 aromatic rings. The minimum absolute atomic E-state index is 0.0236. The van der Waals surface area contributed by atoms with Crippen molar-refractivity contribution in [2.45, 2.75) is 90.6 Å². The third kappa shape index (κ3) is 12.4. The first-order valence-electron chi connectivity index (χ1n) is 12.8. The molecule has 2 rings (SSSR count). The van der Waals surface area contributed by atoms with Crippen LogP contribution in [0.5, 0.6) is 0 Å². The largest absolute Gasteiger partial charge is 0.463 e. The standard InChI is InChI=1S/C29H39NO6/c1-3-4-5-6-9-14-23(2)36-27(31)20-19-26(28(32)34-21-24-15-10-7-11-16-24)30-29(33)35-22-25-17-12-8-13-18-25/h7-8,10-13,15-18,23,26H,3-6,9,14,19-22H2,1-2H3,(H,30,33). The molecule has 7 heteroatoms. The first-order chi connectivity index (χ1) is 17.5. The molecule has 0 aliphatic carbocycles. The van der Waals surface area contributed by atoms with E-state index in [1.807, 2.05) is 67.6 Å². The van der Waals surface area contributed by atoms with Gasteiger partial charge in [0.2, 0.25) is 0 Å². The van der Waals surface area contributed by atoms with Gasteiger partial charge in [0.1, 0.15) is 19.3 Å². The third-order valence-electron chi connectivity index (χ3n) is 5.70. The highest BCUT2D eigenvalue weighted by molar-refractivity contribution is 5.82. The summed E-state index contributed by atoms with van der Waals surface area (Å²) in [5.41, 5.74) is 1.64. The quantitative estimate of drug-likeness (QED) is 0.171. The molecular weight excluding hydrogens is 458 g/mol. The molecule has 1 amide bonds. The van der Waals surface area contributed by atoms with Crippen molar-refractivity contribution in [1.82, 2.24) is 5.32 Å². The van der Waals surface area contributed by atoms with Crippen molar-refractivity contribution < 1.29 is 28.6 Å². The van der Waals surface area contributed by atoms with Gasteiger partial charge >= 0.3 is 18.0 Å². The normalized spacial score (nSPS) is 12.3. The van der Waals surface area contributed by atoms with Gasteiger partial charge in [-0.25, -0.2) is 9.59 Å². The van der Waals surface area contributed by atoms with Crippen LogP contribution in [0.3, 0.4) is 0 Å². The van der Waals surface area contributed by atoms with Gasteiger partial charge in [0, 0.05) is 6.42 Å². The van der Waals surface area contributed by atoms with Gasteiger partial charge in [-0.05, 0) is 37.3 Å². The first kappa shape index (κ1) is 28.9. The molecule has 36 heavy (non-hydrogen) atoms. The van der Waals surface area contributed by atoms with Gasteiger partial charge in [0.15, 0.2) is 0 Å². The summed E-state index contributed by atoms with van der Waals surface area (Å²) in [7, 11) is 0. The van der Waals surface area contributed by atoms with Crippen LogP contribution in [0.1, 0.15) is 76.3 Å². The zero-order chi connectivity index (χ0) is 26.0. The smallest absolute Gasteiger partial charge is 0.408 e. The van der Waals surface area contributed by atoms with E-state index < -0.39 is 24.1 Å². The Kier molecular flexibility index (Phi) is 13.8. The molecule has 0 saturated carbocycles. The molecule has 0 fully saturated rings. The summed E-state index contributed by atoms with van der Waals surface area (Å²) >= 11 is 0. The highest BCUT2D eigenvalue weighted by atomic mass is 16.6. The minimum atomic E-state index is -1.03. The van der Waals surface area contributed by atoms with Crippen LogP contribution in [0.2, 0.25) is 0 Å². The fourth-order valence-corrected chi connectivity index (χ4v) is 3.63. The number of benzene rings is 2. The Hall–Kier alpha value is -3.35. The van der Waals surface area contributed by atoms with Crippen LogP contribution in [-0.2, 0) is 37.0 Å². The summed E-state index contributed by atoms with van der Waals surface area (Å²) in [5.74, 6) is -1.04. The molecule has 0 bridgehead atoms. The van der Waals surface area contributed by atoms with Crippen molar-refractivity contribution in [3.8, 4) is 0 Å². The number of hydrogen-bond acceptors (Lipinski definition) is 6. The highest BCUT2D eigenvalue weighted by Gasteiger charge is 2.25. The maximum Gasteiger partial charge on any atom is 0.408 e. The molecule has 0 aromatic heterocycles. The first-order valence-corrected chi connectivity index (χ1v) is 12.8. The van der Waals surface area contributed by atoms with Crippen LogP contribution in [0.25, 0.3) is 0 Å². The summed E-state index contributed by atoms with van der Waals surface area (Å²) in [5, 5.41) is 2.54. The zero-order valence-corrected chi connectivity index (χ0v) is 21.4. The van der Waals surface area contributed by atoms with E-state index in [-0.39, 0.29) is 32.2 Å². The Labute approximate surface area is 214 Å². The SMILES string of the molecule is CCCCCCCC(C)OC(=O)CCC(NC(=O)OCc1ccccc1)C(=O)OCc1ccccc1. The Bertz CT molecular complexity index is 902. The van der Waals surface area contributed by atoms with Crippen LogP contribution in [-0.4, -0.2) is 30.2 Å².